The summed E-state index contributed by atoms with van der Waals surface area (Å²) in [5, 5.41) is 1.85. The van der Waals surface area contributed by atoms with Gasteiger partial charge in [-0.1, -0.05) is 18.2 Å². The Bertz CT molecular complexity index is 666. The first-order valence-corrected chi connectivity index (χ1v) is 7.32. The summed E-state index contributed by atoms with van der Waals surface area (Å²) in [4.78, 5) is 25.8. The lowest BCUT2D eigenvalue weighted by Gasteiger charge is -2.22. The van der Waals surface area contributed by atoms with Gasteiger partial charge in [0.1, 0.15) is 6.54 Å². The largest absolute Gasteiger partial charge is 0.398 e. The van der Waals surface area contributed by atoms with E-state index in [0.29, 0.717) is 10.6 Å². The third kappa shape index (κ3) is 3.61. The van der Waals surface area contributed by atoms with Gasteiger partial charge >= 0.3 is 0 Å². The van der Waals surface area contributed by atoms with Crippen molar-refractivity contribution in [2.75, 3.05) is 12.3 Å². The average molecular weight is 303 g/mol. The average Bonchev–Trinajstić information content (AvgIpc) is 2.85. The molecule has 2 amide bonds. The van der Waals surface area contributed by atoms with Gasteiger partial charge < -0.3 is 16.4 Å². The molecule has 0 saturated heterocycles. The molecule has 6 heteroatoms. The molecule has 0 radical (unpaired) electrons. The van der Waals surface area contributed by atoms with Crippen LogP contribution in [0, 0.1) is 6.92 Å². The second-order valence-electron chi connectivity index (χ2n) is 4.76. The molecule has 1 aromatic heterocycles. The van der Waals surface area contributed by atoms with E-state index in [2.05, 4.69) is 0 Å². The molecule has 0 fully saturated rings. The van der Waals surface area contributed by atoms with E-state index in [9.17, 15) is 9.59 Å². The predicted octanol–water partition coefficient (Wildman–Crippen LogP) is 1.77. The zero-order valence-electron chi connectivity index (χ0n) is 11.7. The van der Waals surface area contributed by atoms with E-state index < -0.39 is 5.91 Å². The molecular formula is C15H17N3O2S. The number of primary amides is 1. The Balaban J connectivity index is 2.27. The van der Waals surface area contributed by atoms with E-state index >= 15 is 0 Å². The molecule has 21 heavy (non-hydrogen) atoms. The van der Waals surface area contributed by atoms with Crippen molar-refractivity contribution in [3.63, 3.8) is 0 Å². The molecule has 0 saturated carbocycles. The van der Waals surface area contributed by atoms with Gasteiger partial charge in [-0.2, -0.15) is 0 Å². The molecule has 1 aromatic carbocycles. The lowest BCUT2D eigenvalue weighted by molar-refractivity contribution is -0.118. The summed E-state index contributed by atoms with van der Waals surface area (Å²) in [6.07, 6.45) is 0. The maximum Gasteiger partial charge on any atom is 0.264 e. The fraction of sp³-hybridized carbons (Fsp3) is 0.200. The van der Waals surface area contributed by atoms with E-state index in [4.69, 9.17) is 11.5 Å². The zero-order chi connectivity index (χ0) is 15.4. The summed E-state index contributed by atoms with van der Waals surface area (Å²) in [7, 11) is 0. The summed E-state index contributed by atoms with van der Waals surface area (Å²) in [6.45, 7) is 1.99. The van der Waals surface area contributed by atoms with Crippen LogP contribution in [0.15, 0.2) is 35.7 Å². The van der Waals surface area contributed by atoms with E-state index in [1.807, 2.05) is 36.6 Å². The highest BCUT2D eigenvalue weighted by molar-refractivity contribution is 7.12. The van der Waals surface area contributed by atoms with E-state index in [1.165, 1.54) is 16.2 Å². The van der Waals surface area contributed by atoms with Crippen molar-refractivity contribution in [2.24, 2.45) is 5.73 Å². The third-order valence-corrected chi connectivity index (χ3v) is 4.11. The zero-order valence-corrected chi connectivity index (χ0v) is 12.5. The molecule has 0 unspecified atom stereocenters. The summed E-state index contributed by atoms with van der Waals surface area (Å²) in [5.41, 5.74) is 13.4. The number of nitrogen functional groups attached to an aromatic ring is 1. The summed E-state index contributed by atoms with van der Waals surface area (Å²) in [6, 6.07) is 9.13. The Morgan fingerprint density at radius 2 is 1.95 bits per heavy atom. The number of nitrogens with zero attached hydrogens (tertiary/aromatic N) is 1. The van der Waals surface area contributed by atoms with Gasteiger partial charge in [-0.25, -0.2) is 0 Å². The summed E-state index contributed by atoms with van der Waals surface area (Å²) >= 11 is 1.35. The fourth-order valence-corrected chi connectivity index (χ4v) is 2.90. The number of anilines is 1. The number of nitrogens with two attached hydrogens (primary N) is 2. The Hall–Kier alpha value is -2.34. The Labute approximate surface area is 127 Å². The molecule has 0 spiro atoms. The molecule has 0 bridgehead atoms. The molecule has 4 N–H and O–H groups in total. The van der Waals surface area contributed by atoms with Crippen LogP contribution in [0.3, 0.4) is 0 Å². The first-order valence-electron chi connectivity index (χ1n) is 6.44. The molecule has 5 nitrogen and oxygen atoms in total. The van der Waals surface area contributed by atoms with Crippen molar-refractivity contribution in [2.45, 2.75) is 13.5 Å². The van der Waals surface area contributed by atoms with Crippen molar-refractivity contribution in [3.8, 4) is 0 Å². The summed E-state index contributed by atoms with van der Waals surface area (Å²) in [5.74, 6) is -0.753. The molecule has 110 valence electrons. The number of para-hydroxylation sites is 1. The highest BCUT2D eigenvalue weighted by atomic mass is 32.1. The van der Waals surface area contributed by atoms with Crippen molar-refractivity contribution in [1.82, 2.24) is 4.90 Å². The van der Waals surface area contributed by atoms with Crippen molar-refractivity contribution >= 4 is 28.8 Å². The van der Waals surface area contributed by atoms with Crippen LogP contribution in [0.4, 0.5) is 5.69 Å². The van der Waals surface area contributed by atoms with E-state index in [1.54, 1.807) is 6.07 Å². The number of thiophene rings is 1. The minimum absolute atomic E-state index is 0.134. The minimum atomic E-state index is -0.549. The highest BCUT2D eigenvalue weighted by Crippen LogP contribution is 2.20. The summed E-state index contributed by atoms with van der Waals surface area (Å²) < 4.78 is 0. The maximum absolute atomic E-state index is 12.6. The van der Waals surface area contributed by atoms with Crippen LogP contribution in [0.5, 0.6) is 0 Å². The second kappa shape index (κ2) is 6.41. The van der Waals surface area contributed by atoms with Crippen molar-refractivity contribution < 1.29 is 9.59 Å². The standard InChI is InChI=1S/C15H17N3O2S/c1-10-6-7-21-14(10)15(20)18(9-13(17)19)8-11-4-2-3-5-12(11)16/h2-7H,8-9,16H2,1H3,(H2,17,19). The van der Waals surface area contributed by atoms with Crippen LogP contribution in [0.2, 0.25) is 0 Å². The van der Waals surface area contributed by atoms with E-state index in [-0.39, 0.29) is 19.0 Å². The predicted molar refractivity (Wildman–Crippen MR) is 83.8 cm³/mol. The maximum atomic E-state index is 12.6. The first kappa shape index (κ1) is 15.1. The van der Waals surface area contributed by atoms with Crippen LogP contribution < -0.4 is 11.5 Å². The topological polar surface area (TPSA) is 89.4 Å². The van der Waals surface area contributed by atoms with Crippen LogP contribution in [0.1, 0.15) is 20.8 Å². The number of benzene rings is 1. The number of hydrogen-bond donors (Lipinski definition) is 2. The van der Waals surface area contributed by atoms with Gasteiger partial charge in [0.15, 0.2) is 0 Å². The number of hydrogen-bond acceptors (Lipinski definition) is 4. The number of amides is 2. The van der Waals surface area contributed by atoms with Gasteiger partial charge in [0.05, 0.1) is 4.88 Å². The number of aryl methyl sites for hydroxylation is 1. The second-order valence-corrected chi connectivity index (χ2v) is 5.68. The Morgan fingerprint density at radius 3 is 2.52 bits per heavy atom. The molecule has 2 rings (SSSR count). The van der Waals surface area contributed by atoms with Crippen LogP contribution >= 0.6 is 11.3 Å². The van der Waals surface area contributed by atoms with Gasteiger partial charge in [0, 0.05) is 12.2 Å². The van der Waals surface area contributed by atoms with Gasteiger partial charge in [-0.15, -0.1) is 11.3 Å². The van der Waals surface area contributed by atoms with Gasteiger partial charge in [0.2, 0.25) is 5.91 Å². The molecule has 0 aliphatic heterocycles. The quantitative estimate of drug-likeness (QED) is 0.825. The fourth-order valence-electron chi connectivity index (χ4n) is 2.01. The SMILES string of the molecule is Cc1ccsc1C(=O)N(CC(N)=O)Cc1ccccc1N. The van der Waals surface area contributed by atoms with Crippen LogP contribution in [-0.2, 0) is 11.3 Å². The number of carbonyl (C=O) groups excluding carboxylic acids is 2. The minimum Gasteiger partial charge on any atom is -0.398 e. The van der Waals surface area contributed by atoms with Crippen LogP contribution in [-0.4, -0.2) is 23.3 Å². The van der Waals surface area contributed by atoms with Crippen molar-refractivity contribution in [1.29, 1.82) is 0 Å². The van der Waals surface area contributed by atoms with E-state index in [0.717, 1.165) is 11.1 Å². The lowest BCUT2D eigenvalue weighted by Crippen LogP contribution is -2.38. The van der Waals surface area contributed by atoms with Gasteiger partial charge in [-0.3, -0.25) is 9.59 Å². The Morgan fingerprint density at radius 1 is 1.24 bits per heavy atom. The highest BCUT2D eigenvalue weighted by Gasteiger charge is 2.21. The van der Waals surface area contributed by atoms with Crippen molar-refractivity contribution in [3.05, 3.63) is 51.7 Å². The molecule has 2 aromatic rings. The molecule has 1 heterocycles. The first-order chi connectivity index (χ1) is 9.99. The normalized spacial score (nSPS) is 10.3. The Kier molecular flexibility index (Phi) is 4.59. The number of rotatable bonds is 5. The third-order valence-electron chi connectivity index (χ3n) is 3.11. The monoisotopic (exact) mass is 303 g/mol. The molecular weight excluding hydrogens is 286 g/mol. The smallest absolute Gasteiger partial charge is 0.264 e. The molecule has 0 atom stereocenters. The van der Waals surface area contributed by atoms with Crippen LogP contribution in [0.25, 0.3) is 0 Å². The van der Waals surface area contributed by atoms with Gasteiger partial charge in [-0.05, 0) is 35.6 Å². The number of carbonyl (C=O) groups is 2. The van der Waals surface area contributed by atoms with Gasteiger partial charge in [0.25, 0.3) is 5.91 Å². The molecule has 0 aliphatic rings. The lowest BCUT2D eigenvalue weighted by atomic mass is 10.1. The molecule has 0 aliphatic carbocycles.